The number of ketones is 2. The zero-order valence-electron chi connectivity index (χ0n) is 23.7. The van der Waals surface area contributed by atoms with Crippen molar-refractivity contribution in [2.45, 2.75) is 68.7 Å². The van der Waals surface area contributed by atoms with Crippen LogP contribution in [0, 0.1) is 0 Å². The van der Waals surface area contributed by atoms with E-state index in [2.05, 4.69) is 20.0 Å². The third kappa shape index (κ3) is 3.87. The van der Waals surface area contributed by atoms with E-state index >= 15 is 0 Å². The first kappa shape index (κ1) is 25.9. The fourth-order valence-electron chi connectivity index (χ4n) is 7.36. The van der Waals surface area contributed by atoms with Crippen molar-refractivity contribution in [3.8, 4) is 22.4 Å². The van der Waals surface area contributed by atoms with Crippen molar-refractivity contribution >= 4 is 35.1 Å². The number of Topliss-reactive ketones (excluding diaryl/α,β-unsaturated/α-hetero) is 2. The average Bonchev–Trinajstić information content (AvgIpc) is 3.32. The first-order valence-electron chi connectivity index (χ1n) is 14.7. The lowest BCUT2D eigenvalue weighted by Gasteiger charge is -2.41. The van der Waals surface area contributed by atoms with Gasteiger partial charge in [-0.25, -0.2) is 9.98 Å². The van der Waals surface area contributed by atoms with Crippen molar-refractivity contribution in [1.82, 2.24) is 24.5 Å². The second-order valence-corrected chi connectivity index (χ2v) is 12.1. The molecule has 3 atom stereocenters. The summed E-state index contributed by atoms with van der Waals surface area (Å²) in [5.41, 5.74) is 16.9. The maximum absolute atomic E-state index is 12.7. The Bertz CT molecular complexity index is 1830. The van der Waals surface area contributed by atoms with Crippen molar-refractivity contribution in [3.05, 3.63) is 66.1 Å². The summed E-state index contributed by atoms with van der Waals surface area (Å²) in [6.45, 7) is 1.66. The Morgan fingerprint density at radius 3 is 2.33 bits per heavy atom. The van der Waals surface area contributed by atoms with Crippen LogP contribution in [0.25, 0.3) is 28.0 Å². The molecule has 0 spiro atoms. The number of pyridine rings is 1. The number of nitrogen functional groups attached to an aromatic ring is 1. The van der Waals surface area contributed by atoms with Gasteiger partial charge in [-0.1, -0.05) is 36.4 Å². The number of piperidine rings is 1. The summed E-state index contributed by atoms with van der Waals surface area (Å²) in [7, 11) is 0. The maximum Gasteiger partial charge on any atom is 0.218 e. The molecule has 2 bridgehead atoms. The maximum atomic E-state index is 12.7. The molecule has 3 aromatic heterocycles. The van der Waals surface area contributed by atoms with Crippen LogP contribution in [0.1, 0.15) is 56.2 Å². The van der Waals surface area contributed by atoms with Gasteiger partial charge < -0.3 is 11.5 Å². The SMILES string of the molecule is CC1(c2c(C3CC4CCC(C3)N4C3N=CCC(N)=N3)nc3c(-c4ccc(-c5ccccc5)nc4)cnn3c2N)C(=O)C1=O. The van der Waals surface area contributed by atoms with Crippen molar-refractivity contribution in [2.75, 3.05) is 5.73 Å². The van der Waals surface area contributed by atoms with Crippen molar-refractivity contribution in [1.29, 1.82) is 0 Å². The largest absolute Gasteiger partial charge is 0.387 e. The number of carbonyl (C=O) groups is 2. The zero-order chi connectivity index (χ0) is 29.5. The second kappa shape index (κ2) is 9.37. The Hall–Kier alpha value is -4.77. The van der Waals surface area contributed by atoms with Crippen LogP contribution in [-0.2, 0) is 15.0 Å². The minimum Gasteiger partial charge on any atom is -0.387 e. The molecule has 3 fully saturated rings. The van der Waals surface area contributed by atoms with Crippen LogP contribution in [0.15, 0.2) is 64.8 Å². The average molecular weight is 574 g/mol. The van der Waals surface area contributed by atoms with Gasteiger partial charge in [-0.3, -0.25) is 24.5 Å². The molecule has 1 aromatic carbocycles. The number of aromatic nitrogens is 4. The molecule has 4 N–H and O–H groups in total. The number of fused-ring (bicyclic) bond motifs is 3. The van der Waals surface area contributed by atoms with Crippen LogP contribution in [0.3, 0.4) is 0 Å². The summed E-state index contributed by atoms with van der Waals surface area (Å²) >= 11 is 0. The summed E-state index contributed by atoms with van der Waals surface area (Å²) in [4.78, 5) is 47.0. The van der Waals surface area contributed by atoms with E-state index in [0.717, 1.165) is 48.1 Å². The first-order valence-corrected chi connectivity index (χ1v) is 14.7. The van der Waals surface area contributed by atoms with Crippen LogP contribution in [0.2, 0.25) is 0 Å². The van der Waals surface area contributed by atoms with Gasteiger partial charge in [0.25, 0.3) is 0 Å². The number of anilines is 1. The highest BCUT2D eigenvalue weighted by molar-refractivity contribution is 6.66. The van der Waals surface area contributed by atoms with E-state index in [1.54, 1.807) is 17.6 Å². The first-order chi connectivity index (χ1) is 20.8. The van der Waals surface area contributed by atoms with Gasteiger partial charge >= 0.3 is 0 Å². The van der Waals surface area contributed by atoms with Gasteiger partial charge in [-0.2, -0.15) is 9.61 Å². The van der Waals surface area contributed by atoms with Gasteiger partial charge in [0.2, 0.25) is 11.6 Å². The van der Waals surface area contributed by atoms with Gasteiger partial charge in [-0.15, -0.1) is 0 Å². The van der Waals surface area contributed by atoms with Gasteiger partial charge in [-0.05, 0) is 38.7 Å². The third-order valence-electron chi connectivity index (χ3n) is 9.67. The summed E-state index contributed by atoms with van der Waals surface area (Å²) in [6, 6.07) is 14.4. The summed E-state index contributed by atoms with van der Waals surface area (Å²) < 4.78 is 1.56. The van der Waals surface area contributed by atoms with E-state index in [1.165, 1.54) is 0 Å². The molecule has 11 heteroatoms. The number of nitrogens with zero attached hydrogens (tertiary/aromatic N) is 7. The minimum atomic E-state index is -1.30. The molecule has 3 unspecified atom stereocenters. The molecule has 2 saturated heterocycles. The van der Waals surface area contributed by atoms with E-state index in [1.807, 2.05) is 54.9 Å². The van der Waals surface area contributed by atoms with Crippen LogP contribution in [-0.4, -0.2) is 66.5 Å². The highest BCUT2D eigenvalue weighted by Crippen LogP contribution is 2.51. The molecule has 6 heterocycles. The molecule has 4 aromatic rings. The van der Waals surface area contributed by atoms with Crippen LogP contribution in [0.4, 0.5) is 5.82 Å². The lowest BCUT2D eigenvalue weighted by molar-refractivity contribution is -0.122. The molecule has 11 nitrogen and oxygen atoms in total. The van der Waals surface area contributed by atoms with Crippen molar-refractivity contribution in [3.63, 3.8) is 0 Å². The lowest BCUT2D eigenvalue weighted by Crippen LogP contribution is -2.48. The molecule has 43 heavy (non-hydrogen) atoms. The molecule has 0 radical (unpaired) electrons. The third-order valence-corrected chi connectivity index (χ3v) is 9.67. The highest BCUT2D eigenvalue weighted by Gasteiger charge is 2.65. The van der Waals surface area contributed by atoms with Crippen LogP contribution >= 0.6 is 0 Å². The number of nitrogens with two attached hydrogens (primary N) is 2. The van der Waals surface area contributed by atoms with E-state index < -0.39 is 17.0 Å². The predicted octanol–water partition coefficient (Wildman–Crippen LogP) is 3.28. The zero-order valence-corrected chi connectivity index (χ0v) is 23.7. The van der Waals surface area contributed by atoms with Gasteiger partial charge in [0.1, 0.15) is 17.1 Å². The Morgan fingerprint density at radius 2 is 1.67 bits per heavy atom. The molecule has 3 aliphatic heterocycles. The van der Waals surface area contributed by atoms with Crippen LogP contribution < -0.4 is 11.5 Å². The Kier molecular flexibility index (Phi) is 5.64. The molecule has 0 amide bonds. The van der Waals surface area contributed by atoms with Gasteiger partial charge in [0.15, 0.2) is 11.9 Å². The molecule has 216 valence electrons. The van der Waals surface area contributed by atoms with E-state index in [0.29, 0.717) is 29.2 Å². The topological polar surface area (TPSA) is 157 Å². The van der Waals surface area contributed by atoms with E-state index in [-0.39, 0.29) is 30.1 Å². The summed E-state index contributed by atoms with van der Waals surface area (Å²) in [5, 5.41) is 4.56. The number of aliphatic imine (C=N–C) groups is 2. The number of hydrogen-bond donors (Lipinski definition) is 2. The standard InChI is InChI=1S/C32H31N9O2/c1-32(27(42)28(32)43)25-26(19-13-20-8-9-21(14-19)40(20)31-35-12-11-24(33)38-31)39-30-22(16-37-41(30)29(25)34)18-7-10-23(36-15-18)17-5-3-2-4-6-17/h2-7,10,12,15-16,19-21,31H,8-9,11,13-14,34H2,1H3,(H2,33,38). The Balaban J connectivity index is 1.21. The fourth-order valence-corrected chi connectivity index (χ4v) is 7.36. The molecule has 1 saturated carbocycles. The second-order valence-electron chi connectivity index (χ2n) is 12.1. The smallest absolute Gasteiger partial charge is 0.218 e. The minimum absolute atomic E-state index is 0.00398. The lowest BCUT2D eigenvalue weighted by atomic mass is 9.82. The summed E-state index contributed by atoms with van der Waals surface area (Å²) in [5.74, 6) is 0.0185. The quantitative estimate of drug-likeness (QED) is 0.272. The van der Waals surface area contributed by atoms with E-state index in [4.69, 9.17) is 21.4 Å². The number of amidine groups is 1. The monoisotopic (exact) mass is 573 g/mol. The Labute approximate surface area is 247 Å². The number of carbonyl (C=O) groups excluding carboxylic acids is 2. The highest BCUT2D eigenvalue weighted by atomic mass is 16.2. The van der Waals surface area contributed by atoms with Crippen LogP contribution in [0.5, 0.6) is 0 Å². The van der Waals surface area contributed by atoms with Crippen molar-refractivity contribution < 1.29 is 9.59 Å². The molecule has 1 aliphatic carbocycles. The van der Waals surface area contributed by atoms with E-state index in [9.17, 15) is 9.59 Å². The fraction of sp³-hybridized carbons (Fsp3) is 0.344. The molecule has 4 aliphatic rings. The number of hydrogen-bond acceptors (Lipinski definition) is 10. The Morgan fingerprint density at radius 1 is 0.930 bits per heavy atom. The number of benzene rings is 1. The number of rotatable bonds is 5. The predicted molar refractivity (Wildman–Crippen MR) is 163 cm³/mol. The molecular formula is C32H31N9O2. The molecule has 8 rings (SSSR count). The van der Waals surface area contributed by atoms with Gasteiger partial charge in [0.05, 0.1) is 17.6 Å². The normalized spacial score (nSPS) is 26.2. The summed E-state index contributed by atoms with van der Waals surface area (Å²) in [6.07, 6.45) is 9.28. The van der Waals surface area contributed by atoms with Gasteiger partial charge in [0, 0.05) is 59.1 Å². The molecular weight excluding hydrogens is 542 g/mol. The van der Waals surface area contributed by atoms with Crippen molar-refractivity contribution in [2.24, 2.45) is 15.7 Å².